The molecule has 0 heterocycles. The largest absolute Gasteiger partial charge is 0.339 e. The normalized spacial score (nSPS) is 11.8. The van der Waals surface area contributed by atoms with E-state index in [9.17, 15) is 14.9 Å². The van der Waals surface area contributed by atoms with Crippen LogP contribution >= 0.6 is 11.6 Å². The molecule has 2 aromatic carbocycles. The number of halogens is 1. The lowest BCUT2D eigenvalue weighted by Crippen LogP contribution is -2.31. The zero-order chi connectivity index (χ0) is 17.0. The maximum Gasteiger partial charge on any atom is 0.269 e. The van der Waals surface area contributed by atoms with Crippen molar-refractivity contribution in [3.8, 4) is 0 Å². The summed E-state index contributed by atoms with van der Waals surface area (Å²) in [6, 6.07) is 13.2. The quantitative estimate of drug-likeness (QED) is 0.614. The van der Waals surface area contributed by atoms with Crippen molar-refractivity contribution in [3.05, 3.63) is 74.8 Å². The second-order valence-electron chi connectivity index (χ2n) is 5.34. The highest BCUT2D eigenvalue weighted by atomic mass is 35.5. The Labute approximate surface area is 139 Å². The second kappa shape index (κ2) is 7.24. The Balaban J connectivity index is 2.10. The summed E-state index contributed by atoms with van der Waals surface area (Å²) in [7, 11) is 1.70. The fraction of sp³-hybridized carbons (Fsp3) is 0.235. The third kappa shape index (κ3) is 4.29. The number of nitro benzene ring substituents is 1. The minimum absolute atomic E-state index is 0.0212. The minimum atomic E-state index is -0.439. The Kier molecular flexibility index (Phi) is 5.34. The van der Waals surface area contributed by atoms with Crippen LogP contribution in [0, 0.1) is 10.1 Å². The van der Waals surface area contributed by atoms with Crippen LogP contribution in [-0.4, -0.2) is 22.8 Å². The molecule has 0 aliphatic carbocycles. The molecule has 1 amide bonds. The van der Waals surface area contributed by atoms with Crippen molar-refractivity contribution < 1.29 is 9.72 Å². The summed E-state index contributed by atoms with van der Waals surface area (Å²) in [5.74, 6) is -0.0636. The number of nitrogens with zero attached hydrogens (tertiary/aromatic N) is 2. The molecule has 0 radical (unpaired) electrons. The van der Waals surface area contributed by atoms with Gasteiger partial charge in [-0.3, -0.25) is 14.9 Å². The SMILES string of the molecule is CC(c1cccc([N+](=O)[O-])c1)N(C)C(=O)Cc1ccc(Cl)cc1. The molecule has 2 aromatic rings. The van der Waals surface area contributed by atoms with Gasteiger partial charge in [0, 0.05) is 24.2 Å². The van der Waals surface area contributed by atoms with Gasteiger partial charge in [0.25, 0.3) is 5.69 Å². The van der Waals surface area contributed by atoms with Crippen LogP contribution in [0.1, 0.15) is 24.1 Å². The Morgan fingerprint density at radius 3 is 2.52 bits per heavy atom. The first-order valence-corrected chi connectivity index (χ1v) is 7.50. The zero-order valence-corrected chi connectivity index (χ0v) is 13.7. The number of benzene rings is 2. The van der Waals surface area contributed by atoms with Gasteiger partial charge >= 0.3 is 0 Å². The van der Waals surface area contributed by atoms with E-state index in [0.29, 0.717) is 5.02 Å². The monoisotopic (exact) mass is 332 g/mol. The first-order valence-electron chi connectivity index (χ1n) is 7.13. The van der Waals surface area contributed by atoms with Crippen molar-refractivity contribution in [1.29, 1.82) is 0 Å². The number of hydrogen-bond acceptors (Lipinski definition) is 3. The van der Waals surface area contributed by atoms with Gasteiger partial charge in [-0.25, -0.2) is 0 Å². The van der Waals surface area contributed by atoms with E-state index in [1.165, 1.54) is 12.1 Å². The van der Waals surface area contributed by atoms with Gasteiger partial charge < -0.3 is 4.90 Å². The summed E-state index contributed by atoms with van der Waals surface area (Å²) in [6.07, 6.45) is 0.257. The van der Waals surface area contributed by atoms with Gasteiger partial charge in [-0.15, -0.1) is 0 Å². The minimum Gasteiger partial charge on any atom is -0.339 e. The van der Waals surface area contributed by atoms with Crippen molar-refractivity contribution in [2.24, 2.45) is 0 Å². The van der Waals surface area contributed by atoms with Gasteiger partial charge in [-0.1, -0.05) is 35.9 Å². The van der Waals surface area contributed by atoms with Crippen LogP contribution in [0.4, 0.5) is 5.69 Å². The van der Waals surface area contributed by atoms with Gasteiger partial charge in [0.1, 0.15) is 0 Å². The highest BCUT2D eigenvalue weighted by Gasteiger charge is 2.19. The number of carbonyl (C=O) groups excluding carboxylic acids is 1. The molecular weight excluding hydrogens is 316 g/mol. The first-order chi connectivity index (χ1) is 10.9. The van der Waals surface area contributed by atoms with Crippen LogP contribution in [0.3, 0.4) is 0 Å². The molecule has 6 heteroatoms. The van der Waals surface area contributed by atoms with E-state index >= 15 is 0 Å². The molecule has 0 aromatic heterocycles. The average Bonchev–Trinajstić information content (AvgIpc) is 2.55. The first kappa shape index (κ1) is 17.0. The highest BCUT2D eigenvalue weighted by molar-refractivity contribution is 6.30. The molecule has 1 atom stereocenters. The zero-order valence-electron chi connectivity index (χ0n) is 12.9. The van der Waals surface area contributed by atoms with E-state index in [1.807, 2.05) is 19.1 Å². The third-order valence-electron chi connectivity index (χ3n) is 3.81. The maximum atomic E-state index is 12.4. The van der Waals surface area contributed by atoms with Crippen LogP contribution in [0.5, 0.6) is 0 Å². The van der Waals surface area contributed by atoms with E-state index < -0.39 is 4.92 Å². The molecule has 1 unspecified atom stereocenters. The van der Waals surface area contributed by atoms with E-state index in [0.717, 1.165) is 11.1 Å². The Morgan fingerprint density at radius 2 is 1.91 bits per heavy atom. The molecule has 0 saturated carbocycles. The van der Waals surface area contributed by atoms with Gasteiger partial charge in [0.05, 0.1) is 17.4 Å². The van der Waals surface area contributed by atoms with Crippen LogP contribution in [0.2, 0.25) is 5.02 Å². The molecule has 0 spiro atoms. The summed E-state index contributed by atoms with van der Waals surface area (Å²) in [5, 5.41) is 11.5. The van der Waals surface area contributed by atoms with Crippen LogP contribution in [0.15, 0.2) is 48.5 Å². The summed E-state index contributed by atoms with van der Waals surface area (Å²) in [4.78, 5) is 24.4. The summed E-state index contributed by atoms with van der Waals surface area (Å²) in [5.41, 5.74) is 1.62. The topological polar surface area (TPSA) is 63.5 Å². The summed E-state index contributed by atoms with van der Waals surface area (Å²) < 4.78 is 0. The molecule has 5 nitrogen and oxygen atoms in total. The fourth-order valence-corrected chi connectivity index (χ4v) is 2.37. The van der Waals surface area contributed by atoms with Gasteiger partial charge in [-0.2, -0.15) is 0 Å². The lowest BCUT2D eigenvalue weighted by molar-refractivity contribution is -0.384. The maximum absolute atomic E-state index is 12.4. The molecule has 0 aliphatic rings. The molecule has 0 saturated heterocycles. The van der Waals surface area contributed by atoms with Crippen molar-refractivity contribution in [2.45, 2.75) is 19.4 Å². The molecular formula is C17H17ClN2O3. The molecule has 120 valence electrons. The molecule has 0 bridgehead atoms. The molecule has 0 aliphatic heterocycles. The standard InChI is InChI=1S/C17H17ClN2O3/c1-12(14-4-3-5-16(11-14)20(22)23)19(2)17(21)10-13-6-8-15(18)9-7-13/h3-9,11-12H,10H2,1-2H3. The van der Waals surface area contributed by atoms with Crippen molar-refractivity contribution in [2.75, 3.05) is 7.05 Å². The van der Waals surface area contributed by atoms with Crippen LogP contribution < -0.4 is 0 Å². The number of hydrogen-bond donors (Lipinski definition) is 0. The highest BCUT2D eigenvalue weighted by Crippen LogP contribution is 2.23. The van der Waals surface area contributed by atoms with Crippen LogP contribution in [0.25, 0.3) is 0 Å². The molecule has 2 rings (SSSR count). The molecule has 0 fully saturated rings. The average molecular weight is 333 g/mol. The predicted molar refractivity (Wildman–Crippen MR) is 89.4 cm³/mol. The second-order valence-corrected chi connectivity index (χ2v) is 5.77. The van der Waals surface area contributed by atoms with Crippen molar-refractivity contribution in [1.82, 2.24) is 4.90 Å². The Bertz CT molecular complexity index is 716. The predicted octanol–water partition coefficient (Wildman–Crippen LogP) is 4.01. The third-order valence-corrected chi connectivity index (χ3v) is 4.06. The van der Waals surface area contributed by atoms with Crippen molar-refractivity contribution >= 4 is 23.2 Å². The summed E-state index contributed by atoms with van der Waals surface area (Å²) in [6.45, 7) is 1.85. The number of non-ortho nitro benzene ring substituents is 1. The van der Waals surface area contributed by atoms with E-state index in [-0.39, 0.29) is 24.1 Å². The number of rotatable bonds is 5. The lowest BCUT2D eigenvalue weighted by atomic mass is 10.1. The number of likely N-dealkylation sites (N-methyl/N-ethyl adjacent to an activating group) is 1. The van der Waals surface area contributed by atoms with E-state index in [4.69, 9.17) is 11.6 Å². The van der Waals surface area contributed by atoms with Gasteiger partial charge in [0.15, 0.2) is 0 Å². The molecule has 23 heavy (non-hydrogen) atoms. The van der Waals surface area contributed by atoms with Crippen molar-refractivity contribution in [3.63, 3.8) is 0 Å². The fourth-order valence-electron chi connectivity index (χ4n) is 2.24. The smallest absolute Gasteiger partial charge is 0.269 e. The molecule has 0 N–H and O–H groups in total. The van der Waals surface area contributed by atoms with E-state index in [2.05, 4.69) is 0 Å². The number of carbonyl (C=O) groups is 1. The van der Waals surface area contributed by atoms with E-state index in [1.54, 1.807) is 36.2 Å². The Hall–Kier alpha value is -2.40. The lowest BCUT2D eigenvalue weighted by Gasteiger charge is -2.25. The Morgan fingerprint density at radius 1 is 1.26 bits per heavy atom. The van der Waals surface area contributed by atoms with Crippen LogP contribution in [-0.2, 0) is 11.2 Å². The van der Waals surface area contributed by atoms with Gasteiger partial charge in [-0.05, 0) is 30.2 Å². The number of nitro groups is 1. The number of amides is 1. The summed E-state index contributed by atoms with van der Waals surface area (Å²) >= 11 is 5.83. The van der Waals surface area contributed by atoms with Gasteiger partial charge in [0.2, 0.25) is 5.91 Å².